The Kier molecular flexibility index (Phi) is 44.3. The van der Waals surface area contributed by atoms with Gasteiger partial charge in [-0.2, -0.15) is 0 Å². The fourth-order valence-corrected chi connectivity index (χ4v) is 7.99. The molecule has 1 unspecified atom stereocenters. The van der Waals surface area contributed by atoms with Crippen LogP contribution in [0.5, 0.6) is 0 Å². The molecule has 10 heteroatoms. The van der Waals surface area contributed by atoms with Crippen LogP contribution in [0.3, 0.4) is 0 Å². The maximum Gasteiger partial charge on any atom is 0.472 e. The van der Waals surface area contributed by atoms with Gasteiger partial charge in [0.1, 0.15) is 6.61 Å². The summed E-state index contributed by atoms with van der Waals surface area (Å²) in [6.07, 6.45) is 48.2. The van der Waals surface area contributed by atoms with Crippen molar-refractivity contribution in [3.63, 3.8) is 0 Å². The summed E-state index contributed by atoms with van der Waals surface area (Å²) in [5.41, 5.74) is 5.36. The third-order valence-corrected chi connectivity index (χ3v) is 11.9. The maximum absolute atomic E-state index is 12.6. The van der Waals surface area contributed by atoms with Gasteiger partial charge in [-0.3, -0.25) is 18.6 Å². The lowest BCUT2D eigenvalue weighted by Gasteiger charge is -2.19. The Bertz CT molecular complexity index is 964. The first-order valence-electron chi connectivity index (χ1n) is 24.7. The van der Waals surface area contributed by atoms with Gasteiger partial charge in [0.05, 0.1) is 13.2 Å². The van der Waals surface area contributed by atoms with Crippen LogP contribution in [0, 0.1) is 0 Å². The lowest BCUT2D eigenvalue weighted by atomic mass is 10.0. The van der Waals surface area contributed by atoms with E-state index in [2.05, 4.69) is 26.0 Å². The number of nitrogens with two attached hydrogens (primary N) is 1. The van der Waals surface area contributed by atoms with Crippen molar-refractivity contribution in [2.75, 3.05) is 26.4 Å². The van der Waals surface area contributed by atoms with Gasteiger partial charge in [0.25, 0.3) is 0 Å². The van der Waals surface area contributed by atoms with E-state index in [-0.39, 0.29) is 38.6 Å². The predicted octanol–water partition coefficient (Wildman–Crippen LogP) is 14.6. The summed E-state index contributed by atoms with van der Waals surface area (Å²) in [7, 11) is -4.38. The molecular formula is C48H94NO8P. The number of hydrogen-bond acceptors (Lipinski definition) is 8. The van der Waals surface area contributed by atoms with E-state index in [0.717, 1.165) is 51.4 Å². The SMILES string of the molecule is CCCCCCC/C=C/CCCCCCCC(=O)OC[C@H](COP(=O)(O)OCCN)OC(=O)CCCCCCCCCCCCCCCCCCCCCCCCC. The van der Waals surface area contributed by atoms with E-state index >= 15 is 0 Å². The zero-order valence-corrected chi connectivity index (χ0v) is 38.9. The molecule has 0 saturated carbocycles. The number of phosphoric acid groups is 1. The van der Waals surface area contributed by atoms with E-state index in [4.69, 9.17) is 24.3 Å². The Morgan fingerprint density at radius 1 is 0.500 bits per heavy atom. The molecule has 0 amide bonds. The van der Waals surface area contributed by atoms with Crippen LogP contribution in [-0.4, -0.2) is 49.3 Å². The van der Waals surface area contributed by atoms with E-state index in [9.17, 15) is 19.0 Å². The number of allylic oxidation sites excluding steroid dienone is 2. The monoisotopic (exact) mass is 844 g/mol. The number of carbonyl (C=O) groups excluding carboxylic acids is 2. The summed E-state index contributed by atoms with van der Waals surface area (Å²) >= 11 is 0. The van der Waals surface area contributed by atoms with Gasteiger partial charge in [-0.1, -0.05) is 212 Å². The molecular weight excluding hydrogens is 750 g/mol. The molecule has 0 aliphatic carbocycles. The Hall–Kier alpha value is -1.25. The second-order valence-electron chi connectivity index (χ2n) is 16.7. The molecule has 344 valence electrons. The molecule has 0 bridgehead atoms. The third kappa shape index (κ3) is 44.3. The second-order valence-corrected chi connectivity index (χ2v) is 18.1. The molecule has 0 aromatic carbocycles. The third-order valence-electron chi connectivity index (χ3n) is 10.9. The van der Waals surface area contributed by atoms with Crippen LogP contribution in [0.4, 0.5) is 0 Å². The Morgan fingerprint density at radius 3 is 1.22 bits per heavy atom. The molecule has 0 spiro atoms. The first kappa shape index (κ1) is 56.8. The minimum absolute atomic E-state index is 0.0554. The number of unbranched alkanes of at least 4 members (excludes halogenated alkanes) is 32. The summed E-state index contributed by atoms with van der Waals surface area (Å²) in [5.74, 6) is -0.824. The van der Waals surface area contributed by atoms with Gasteiger partial charge >= 0.3 is 19.8 Å². The van der Waals surface area contributed by atoms with Crippen LogP contribution in [0.2, 0.25) is 0 Å². The average molecular weight is 844 g/mol. The first-order chi connectivity index (χ1) is 28.3. The average Bonchev–Trinajstić information content (AvgIpc) is 3.21. The minimum Gasteiger partial charge on any atom is -0.462 e. The van der Waals surface area contributed by atoms with Crippen molar-refractivity contribution >= 4 is 19.8 Å². The first-order valence-corrected chi connectivity index (χ1v) is 26.2. The number of carbonyl (C=O) groups is 2. The lowest BCUT2D eigenvalue weighted by Crippen LogP contribution is -2.29. The molecule has 9 nitrogen and oxygen atoms in total. The van der Waals surface area contributed by atoms with Gasteiger partial charge in [0, 0.05) is 19.4 Å². The Labute approximate surface area is 358 Å². The number of phosphoric ester groups is 1. The normalized spacial score (nSPS) is 13.2. The molecule has 0 aromatic rings. The number of rotatable bonds is 47. The number of ether oxygens (including phenoxy) is 2. The van der Waals surface area contributed by atoms with Gasteiger partial charge in [-0.05, 0) is 38.5 Å². The van der Waals surface area contributed by atoms with Crippen LogP contribution in [-0.2, 0) is 32.7 Å². The van der Waals surface area contributed by atoms with Crippen LogP contribution < -0.4 is 5.73 Å². The number of hydrogen-bond donors (Lipinski definition) is 2. The van der Waals surface area contributed by atoms with Gasteiger partial charge in [0.2, 0.25) is 0 Å². The van der Waals surface area contributed by atoms with Crippen molar-refractivity contribution in [2.24, 2.45) is 5.73 Å². The molecule has 0 fully saturated rings. The smallest absolute Gasteiger partial charge is 0.462 e. The topological polar surface area (TPSA) is 134 Å². The summed E-state index contributed by atoms with van der Waals surface area (Å²) in [4.78, 5) is 35.0. The van der Waals surface area contributed by atoms with E-state index < -0.39 is 26.5 Å². The van der Waals surface area contributed by atoms with Crippen molar-refractivity contribution in [2.45, 2.75) is 258 Å². The molecule has 2 atom stereocenters. The predicted molar refractivity (Wildman–Crippen MR) is 243 cm³/mol. The van der Waals surface area contributed by atoms with Crippen molar-refractivity contribution in [3.8, 4) is 0 Å². The quantitative estimate of drug-likeness (QED) is 0.0266. The molecule has 58 heavy (non-hydrogen) atoms. The second kappa shape index (κ2) is 45.3. The molecule has 0 saturated heterocycles. The van der Waals surface area contributed by atoms with Crippen LogP contribution in [0.1, 0.15) is 251 Å². The van der Waals surface area contributed by atoms with Crippen molar-refractivity contribution in [3.05, 3.63) is 12.2 Å². The molecule has 0 aromatic heterocycles. The van der Waals surface area contributed by atoms with E-state index in [0.29, 0.717) is 6.42 Å². The lowest BCUT2D eigenvalue weighted by molar-refractivity contribution is -0.161. The largest absolute Gasteiger partial charge is 0.472 e. The summed E-state index contributed by atoms with van der Waals surface area (Å²) in [5, 5.41) is 0. The molecule has 0 heterocycles. The standard InChI is InChI=1S/C48H94NO8P/c1-3-5-7-9-11-13-15-17-19-20-21-22-23-24-25-26-27-29-31-33-35-37-39-41-48(51)57-46(45-56-58(52,53)55-43-42-49)44-54-47(50)40-38-36-34-32-30-28-18-16-14-12-10-8-6-4-2/h16,18,46H,3-15,17,19-45,49H2,1-2H3,(H,52,53)/b18-16+/t46-/m1/s1. The van der Waals surface area contributed by atoms with Crippen LogP contribution in [0.25, 0.3) is 0 Å². The number of esters is 2. The zero-order chi connectivity index (χ0) is 42.5. The minimum atomic E-state index is -4.38. The maximum atomic E-state index is 12.6. The van der Waals surface area contributed by atoms with E-state index in [1.807, 2.05) is 0 Å². The van der Waals surface area contributed by atoms with Gasteiger partial charge in [-0.15, -0.1) is 0 Å². The van der Waals surface area contributed by atoms with Crippen LogP contribution in [0.15, 0.2) is 12.2 Å². The molecule has 0 aliphatic rings. The fraction of sp³-hybridized carbons (Fsp3) is 0.917. The van der Waals surface area contributed by atoms with Gasteiger partial charge < -0.3 is 20.1 Å². The Balaban J connectivity index is 4.00. The van der Waals surface area contributed by atoms with E-state index in [1.54, 1.807) is 0 Å². The van der Waals surface area contributed by atoms with Crippen molar-refractivity contribution in [1.82, 2.24) is 0 Å². The highest BCUT2D eigenvalue weighted by Crippen LogP contribution is 2.43. The van der Waals surface area contributed by atoms with Crippen molar-refractivity contribution in [1.29, 1.82) is 0 Å². The molecule has 0 rings (SSSR count). The fourth-order valence-electron chi connectivity index (χ4n) is 7.22. The highest BCUT2D eigenvalue weighted by molar-refractivity contribution is 7.47. The van der Waals surface area contributed by atoms with E-state index in [1.165, 1.54) is 167 Å². The molecule has 0 aliphatic heterocycles. The van der Waals surface area contributed by atoms with Crippen molar-refractivity contribution < 1.29 is 37.6 Å². The van der Waals surface area contributed by atoms with Gasteiger partial charge in [0.15, 0.2) is 6.10 Å². The zero-order valence-electron chi connectivity index (χ0n) is 38.1. The molecule has 0 radical (unpaired) electrons. The van der Waals surface area contributed by atoms with Crippen LogP contribution >= 0.6 is 7.82 Å². The Morgan fingerprint density at radius 2 is 0.845 bits per heavy atom. The summed E-state index contributed by atoms with van der Waals surface area (Å²) in [6.45, 7) is 3.76. The summed E-state index contributed by atoms with van der Waals surface area (Å²) in [6, 6.07) is 0. The highest BCUT2D eigenvalue weighted by Gasteiger charge is 2.26. The summed E-state index contributed by atoms with van der Waals surface area (Å²) < 4.78 is 32.9. The molecule has 3 N–H and O–H groups in total. The highest BCUT2D eigenvalue weighted by atomic mass is 31.2. The van der Waals surface area contributed by atoms with Gasteiger partial charge in [-0.25, -0.2) is 4.57 Å².